The third kappa shape index (κ3) is 31.6. The average Bonchev–Trinajstić information content (AvgIpc) is 2.25. The van der Waals surface area contributed by atoms with Crippen molar-refractivity contribution >= 4 is 0 Å². The molecule has 6 N–H and O–H groups in total. The predicted octanol–water partition coefficient (Wildman–Crippen LogP) is 1.67. The highest BCUT2D eigenvalue weighted by Gasteiger charge is 2.20. The Kier molecular flexibility index (Phi) is 18.5. The van der Waals surface area contributed by atoms with Crippen LogP contribution in [-0.4, -0.2) is 33.6 Å². The van der Waals surface area contributed by atoms with Gasteiger partial charge < -0.3 is 21.8 Å². The minimum absolute atomic E-state index is 0.359. The molecule has 0 aromatic rings. The minimum Gasteiger partial charge on any atom is -0.391 e. The third-order valence-corrected chi connectivity index (χ3v) is 2.23. The smallest absolute Gasteiger partial charge is 0.291 e. The van der Waals surface area contributed by atoms with Crippen LogP contribution in [0.25, 0.3) is 0 Å². The molecule has 0 heterocycles. The van der Waals surface area contributed by atoms with Gasteiger partial charge in [0.15, 0.2) is 0 Å². The van der Waals surface area contributed by atoms with Gasteiger partial charge in [0.05, 0.1) is 6.10 Å². The Morgan fingerprint density at radius 1 is 1.26 bits per heavy atom. The van der Waals surface area contributed by atoms with Gasteiger partial charge in [-0.3, -0.25) is 0 Å². The second-order valence-corrected chi connectivity index (χ2v) is 4.86. The molecule has 0 saturated heterocycles. The van der Waals surface area contributed by atoms with Crippen molar-refractivity contribution in [3.05, 3.63) is 10.1 Å². The van der Waals surface area contributed by atoms with Gasteiger partial charge in [-0.1, -0.05) is 33.1 Å². The zero-order valence-electron chi connectivity index (χ0n) is 12.6. The lowest BCUT2D eigenvalue weighted by Crippen LogP contribution is -2.44. The van der Waals surface area contributed by atoms with E-state index in [1.54, 1.807) is 0 Å². The van der Waals surface area contributed by atoms with Crippen LogP contribution in [0.3, 0.4) is 0 Å². The molecule has 7 nitrogen and oxygen atoms in total. The van der Waals surface area contributed by atoms with E-state index >= 15 is 0 Å². The first-order valence-electron chi connectivity index (χ1n) is 6.63. The fraction of sp³-hybridized carbons (Fsp3) is 1.00. The van der Waals surface area contributed by atoms with Crippen molar-refractivity contribution < 1.29 is 15.4 Å². The lowest BCUT2D eigenvalue weighted by Gasteiger charge is -2.25. The highest BCUT2D eigenvalue weighted by molar-refractivity contribution is 4.80. The van der Waals surface area contributed by atoms with Crippen LogP contribution in [0.1, 0.15) is 59.8 Å². The summed E-state index contributed by atoms with van der Waals surface area (Å²) in [6.45, 7) is 8.75. The van der Waals surface area contributed by atoms with Crippen LogP contribution in [-0.2, 0) is 0 Å². The van der Waals surface area contributed by atoms with Crippen molar-refractivity contribution in [1.29, 1.82) is 0 Å². The first-order valence-corrected chi connectivity index (χ1v) is 6.63. The number of hydrogen-bond donors (Lipinski definition) is 4. The summed E-state index contributed by atoms with van der Waals surface area (Å²) in [6.07, 6.45) is 5.18. The lowest BCUT2D eigenvalue weighted by atomic mass is 9.95. The number of unbranched alkanes of at least 4 members (excludes halogenated alkanes) is 2. The number of nitrogens with zero attached hydrogens (tertiary/aromatic N) is 1. The topological polar surface area (TPSA) is 136 Å². The highest BCUT2D eigenvalue weighted by Crippen LogP contribution is 2.09. The number of rotatable bonds is 6. The molecule has 1 unspecified atom stereocenters. The summed E-state index contributed by atoms with van der Waals surface area (Å²) < 4.78 is 0. The molecular weight excluding hydrogens is 250 g/mol. The van der Waals surface area contributed by atoms with Gasteiger partial charge in [0, 0.05) is 5.54 Å². The fourth-order valence-electron chi connectivity index (χ4n) is 1.04. The molecule has 0 bridgehead atoms. The summed E-state index contributed by atoms with van der Waals surface area (Å²) in [7, 11) is 0. The van der Waals surface area contributed by atoms with E-state index in [-0.39, 0.29) is 6.10 Å². The number of nitrogens with two attached hydrogens (primary N) is 2. The van der Waals surface area contributed by atoms with Gasteiger partial charge in [-0.05, 0) is 33.2 Å². The van der Waals surface area contributed by atoms with Crippen LogP contribution in [0, 0.1) is 10.1 Å². The van der Waals surface area contributed by atoms with Crippen molar-refractivity contribution in [3.8, 4) is 0 Å². The number of aliphatic hydroxyl groups excluding tert-OH is 1. The van der Waals surface area contributed by atoms with Gasteiger partial charge in [0.2, 0.25) is 0 Å². The zero-order chi connectivity index (χ0) is 15.9. The molecule has 118 valence electrons. The van der Waals surface area contributed by atoms with E-state index in [1.807, 2.05) is 20.8 Å². The molecule has 0 fully saturated rings. The second-order valence-electron chi connectivity index (χ2n) is 4.86. The Hall–Kier alpha value is -0.920. The molecular formula is C12H31N3O4. The fourth-order valence-corrected chi connectivity index (χ4v) is 1.04. The lowest BCUT2D eigenvalue weighted by molar-refractivity contribution is -0.742. The van der Waals surface area contributed by atoms with E-state index in [0.29, 0.717) is 0 Å². The van der Waals surface area contributed by atoms with E-state index in [9.17, 15) is 5.11 Å². The van der Waals surface area contributed by atoms with Crippen molar-refractivity contribution in [2.45, 2.75) is 71.4 Å². The standard InChI is InChI=1S/C7H17NO.C5H13N.HNO3/c1-4-5-6(9)7(2,3)8;1-2-3-4-5-6;2-1(3)4/h6,9H,4-5,8H2,1-3H3;2-6H2,1H3;(H,2,3,4). The summed E-state index contributed by atoms with van der Waals surface area (Å²) in [5.74, 6) is 0. The molecule has 0 aromatic heterocycles. The molecule has 0 aliphatic heterocycles. The molecule has 0 aromatic carbocycles. The Labute approximate surface area is 116 Å². The molecule has 0 rings (SSSR count). The maximum atomic E-state index is 9.26. The Bertz CT molecular complexity index is 188. The maximum absolute atomic E-state index is 9.26. The molecule has 19 heavy (non-hydrogen) atoms. The van der Waals surface area contributed by atoms with Gasteiger partial charge in [-0.25, -0.2) is 0 Å². The molecule has 0 amide bonds. The second kappa shape index (κ2) is 15.1. The van der Waals surface area contributed by atoms with Crippen LogP contribution in [0.2, 0.25) is 0 Å². The van der Waals surface area contributed by atoms with E-state index in [4.69, 9.17) is 26.8 Å². The van der Waals surface area contributed by atoms with Crippen molar-refractivity contribution in [2.24, 2.45) is 11.5 Å². The van der Waals surface area contributed by atoms with E-state index in [0.717, 1.165) is 19.4 Å². The predicted molar refractivity (Wildman–Crippen MR) is 76.5 cm³/mol. The quantitative estimate of drug-likeness (QED) is 0.332. The largest absolute Gasteiger partial charge is 0.391 e. The van der Waals surface area contributed by atoms with Gasteiger partial charge in [-0.2, -0.15) is 0 Å². The van der Waals surface area contributed by atoms with Crippen LogP contribution in [0.15, 0.2) is 0 Å². The van der Waals surface area contributed by atoms with Crippen LogP contribution in [0.4, 0.5) is 0 Å². The van der Waals surface area contributed by atoms with E-state index in [1.165, 1.54) is 19.3 Å². The first kappa shape index (κ1) is 23.2. The first-order chi connectivity index (χ1) is 8.63. The van der Waals surface area contributed by atoms with E-state index in [2.05, 4.69) is 6.92 Å². The normalized spacial score (nSPS) is 11.5. The molecule has 1 atom stereocenters. The minimum atomic E-state index is -1.50. The maximum Gasteiger partial charge on any atom is 0.291 e. The SMILES string of the molecule is CCCC(O)C(C)(C)N.CCCCCN.O=[N+]([O-])O. The van der Waals surface area contributed by atoms with Crippen LogP contribution in [0.5, 0.6) is 0 Å². The summed E-state index contributed by atoms with van der Waals surface area (Å²) >= 11 is 0. The third-order valence-electron chi connectivity index (χ3n) is 2.23. The number of aliphatic hydroxyl groups is 1. The zero-order valence-corrected chi connectivity index (χ0v) is 12.6. The highest BCUT2D eigenvalue weighted by atomic mass is 16.9. The summed E-state index contributed by atoms with van der Waals surface area (Å²) in [5.41, 5.74) is 10.4. The molecule has 0 radical (unpaired) electrons. The molecule has 0 saturated carbocycles. The summed E-state index contributed by atoms with van der Waals surface area (Å²) in [6, 6.07) is 0. The average molecular weight is 281 g/mol. The van der Waals surface area contributed by atoms with E-state index < -0.39 is 10.6 Å². The molecule has 0 aliphatic carbocycles. The monoisotopic (exact) mass is 281 g/mol. The Balaban J connectivity index is -0.000000222. The van der Waals surface area contributed by atoms with Crippen molar-refractivity contribution in [3.63, 3.8) is 0 Å². The van der Waals surface area contributed by atoms with Gasteiger partial charge >= 0.3 is 0 Å². The van der Waals surface area contributed by atoms with Gasteiger partial charge in [0.25, 0.3) is 5.09 Å². The Morgan fingerprint density at radius 2 is 1.68 bits per heavy atom. The molecule has 0 aliphatic rings. The molecule has 7 heteroatoms. The van der Waals surface area contributed by atoms with Gasteiger partial charge in [0.1, 0.15) is 0 Å². The van der Waals surface area contributed by atoms with Gasteiger partial charge in [-0.15, -0.1) is 10.1 Å². The van der Waals surface area contributed by atoms with Crippen LogP contribution >= 0.6 is 0 Å². The Morgan fingerprint density at radius 3 is 1.79 bits per heavy atom. The summed E-state index contributed by atoms with van der Waals surface area (Å²) in [4.78, 5) is 8.36. The number of hydrogen-bond acceptors (Lipinski definition) is 5. The molecule has 0 spiro atoms. The summed E-state index contributed by atoms with van der Waals surface area (Å²) in [5, 5.41) is 22.9. The van der Waals surface area contributed by atoms with Crippen molar-refractivity contribution in [2.75, 3.05) is 6.54 Å². The van der Waals surface area contributed by atoms with Crippen LogP contribution < -0.4 is 11.5 Å². The van der Waals surface area contributed by atoms with Crippen molar-refractivity contribution in [1.82, 2.24) is 0 Å².